The molecule has 4 rings (SSSR count). The fourth-order valence-corrected chi connectivity index (χ4v) is 3.38. The topological polar surface area (TPSA) is 46.9 Å². The molecule has 0 radical (unpaired) electrons. The van der Waals surface area contributed by atoms with E-state index in [2.05, 4.69) is 10.4 Å². The van der Waals surface area contributed by atoms with Crippen LogP contribution in [0, 0.1) is 18.7 Å². The first-order valence-electron chi connectivity index (χ1n) is 9.24. The maximum atomic E-state index is 13.2. The number of halogens is 1. The van der Waals surface area contributed by atoms with Gasteiger partial charge in [-0.1, -0.05) is 42.5 Å². The third kappa shape index (κ3) is 3.92. The van der Waals surface area contributed by atoms with E-state index >= 15 is 0 Å². The van der Waals surface area contributed by atoms with Crippen LogP contribution >= 0.6 is 0 Å². The van der Waals surface area contributed by atoms with E-state index < -0.39 is 0 Å². The molecule has 0 saturated heterocycles. The lowest BCUT2D eigenvalue weighted by molar-refractivity contribution is 0.0931. The molecule has 1 amide bonds. The van der Waals surface area contributed by atoms with E-state index in [0.29, 0.717) is 18.0 Å². The highest BCUT2D eigenvalue weighted by molar-refractivity contribution is 5.95. The van der Waals surface area contributed by atoms with Gasteiger partial charge in [0, 0.05) is 5.69 Å². The van der Waals surface area contributed by atoms with Gasteiger partial charge >= 0.3 is 0 Å². The molecule has 4 nitrogen and oxygen atoms in total. The minimum absolute atomic E-state index is 0.0880. The standard InChI is InChI=1S/C22H22FN3O/c1-15-20(13-24-26(15)14-16-5-3-2-4-6-16)22(27)25-21(17-7-8-17)18-9-11-19(23)12-10-18/h2-6,9-13,17,21H,7-8,14H2,1H3,(H,25,27). The van der Waals surface area contributed by atoms with Crippen LogP contribution < -0.4 is 5.32 Å². The Morgan fingerprint density at radius 3 is 2.56 bits per heavy atom. The van der Waals surface area contributed by atoms with E-state index in [1.807, 2.05) is 41.9 Å². The molecule has 138 valence electrons. The van der Waals surface area contributed by atoms with Crippen LogP contribution in [0.5, 0.6) is 0 Å². The lowest BCUT2D eigenvalue weighted by atomic mass is 10.0. The molecule has 1 aromatic heterocycles. The van der Waals surface area contributed by atoms with Crippen LogP contribution in [0.3, 0.4) is 0 Å². The molecule has 1 heterocycles. The van der Waals surface area contributed by atoms with Crippen LogP contribution in [-0.2, 0) is 6.54 Å². The molecule has 2 aromatic carbocycles. The summed E-state index contributed by atoms with van der Waals surface area (Å²) in [5.74, 6) is 0.0183. The molecule has 1 saturated carbocycles. The van der Waals surface area contributed by atoms with Crippen LogP contribution in [0.1, 0.15) is 46.1 Å². The summed E-state index contributed by atoms with van der Waals surface area (Å²) in [6, 6.07) is 16.3. The molecule has 0 aliphatic heterocycles. The van der Waals surface area contributed by atoms with Crippen molar-refractivity contribution < 1.29 is 9.18 Å². The number of hydrogen-bond donors (Lipinski definition) is 1. The molecule has 1 fully saturated rings. The Bertz CT molecular complexity index is 930. The fourth-order valence-electron chi connectivity index (χ4n) is 3.38. The molecule has 1 N–H and O–H groups in total. The number of hydrogen-bond acceptors (Lipinski definition) is 2. The number of carbonyl (C=O) groups is 1. The maximum absolute atomic E-state index is 13.2. The zero-order chi connectivity index (χ0) is 18.8. The average Bonchev–Trinajstić information content (AvgIpc) is 3.46. The first-order chi connectivity index (χ1) is 13.1. The summed E-state index contributed by atoms with van der Waals surface area (Å²) in [5, 5.41) is 7.52. The fraction of sp³-hybridized carbons (Fsp3) is 0.273. The van der Waals surface area contributed by atoms with Crippen LogP contribution in [-0.4, -0.2) is 15.7 Å². The van der Waals surface area contributed by atoms with Gasteiger partial charge < -0.3 is 5.32 Å². The molecule has 3 aromatic rings. The van der Waals surface area contributed by atoms with Crippen molar-refractivity contribution in [3.8, 4) is 0 Å². The van der Waals surface area contributed by atoms with Crippen molar-refractivity contribution in [3.63, 3.8) is 0 Å². The summed E-state index contributed by atoms with van der Waals surface area (Å²) in [5.41, 5.74) is 3.50. The normalized spacial score (nSPS) is 14.7. The first kappa shape index (κ1) is 17.5. The van der Waals surface area contributed by atoms with E-state index in [1.54, 1.807) is 18.3 Å². The van der Waals surface area contributed by atoms with Gasteiger partial charge in [-0.2, -0.15) is 5.10 Å². The number of amides is 1. The second-order valence-electron chi connectivity index (χ2n) is 7.13. The zero-order valence-electron chi connectivity index (χ0n) is 15.2. The van der Waals surface area contributed by atoms with Gasteiger partial charge in [0.1, 0.15) is 5.82 Å². The SMILES string of the molecule is Cc1c(C(=O)NC(c2ccc(F)cc2)C2CC2)cnn1Cc1ccccc1. The van der Waals surface area contributed by atoms with Crippen molar-refractivity contribution in [3.05, 3.63) is 89.0 Å². The van der Waals surface area contributed by atoms with Crippen molar-refractivity contribution in [2.75, 3.05) is 0 Å². The van der Waals surface area contributed by atoms with Gasteiger partial charge in [0.2, 0.25) is 0 Å². The van der Waals surface area contributed by atoms with E-state index in [1.165, 1.54) is 12.1 Å². The Morgan fingerprint density at radius 2 is 1.89 bits per heavy atom. The number of aromatic nitrogens is 2. The number of rotatable bonds is 6. The highest BCUT2D eigenvalue weighted by Gasteiger charge is 2.34. The molecule has 1 aliphatic rings. The molecular formula is C22H22FN3O. The van der Waals surface area contributed by atoms with Crippen LogP contribution in [0.2, 0.25) is 0 Å². The van der Waals surface area contributed by atoms with Gasteiger partial charge in [0.15, 0.2) is 0 Å². The lowest BCUT2D eigenvalue weighted by Crippen LogP contribution is -2.30. The number of nitrogens with one attached hydrogen (secondary N) is 1. The van der Waals surface area contributed by atoms with Crippen molar-refractivity contribution >= 4 is 5.91 Å². The second-order valence-corrected chi connectivity index (χ2v) is 7.13. The Morgan fingerprint density at radius 1 is 1.19 bits per heavy atom. The summed E-state index contributed by atoms with van der Waals surface area (Å²) in [7, 11) is 0. The molecule has 1 unspecified atom stereocenters. The van der Waals surface area contributed by atoms with E-state index in [0.717, 1.165) is 29.7 Å². The summed E-state index contributed by atoms with van der Waals surface area (Å²) in [6.45, 7) is 2.54. The van der Waals surface area contributed by atoms with Crippen molar-refractivity contribution in [1.29, 1.82) is 0 Å². The predicted octanol–water partition coefficient (Wildman–Crippen LogP) is 4.26. The summed E-state index contributed by atoms with van der Waals surface area (Å²) in [4.78, 5) is 12.9. The van der Waals surface area contributed by atoms with Crippen LogP contribution in [0.25, 0.3) is 0 Å². The van der Waals surface area contributed by atoms with Gasteiger partial charge in [-0.15, -0.1) is 0 Å². The van der Waals surface area contributed by atoms with E-state index in [9.17, 15) is 9.18 Å². The molecule has 1 atom stereocenters. The van der Waals surface area contributed by atoms with Crippen molar-refractivity contribution in [2.24, 2.45) is 5.92 Å². The minimum Gasteiger partial charge on any atom is -0.345 e. The van der Waals surface area contributed by atoms with Gasteiger partial charge in [-0.05, 0) is 48.9 Å². The van der Waals surface area contributed by atoms with E-state index in [-0.39, 0.29) is 17.8 Å². The third-order valence-corrected chi connectivity index (χ3v) is 5.13. The highest BCUT2D eigenvalue weighted by Crippen LogP contribution is 2.41. The second kappa shape index (κ2) is 7.35. The summed E-state index contributed by atoms with van der Waals surface area (Å²) < 4.78 is 15.1. The molecular weight excluding hydrogens is 341 g/mol. The number of nitrogens with zero attached hydrogens (tertiary/aromatic N) is 2. The molecule has 1 aliphatic carbocycles. The van der Waals surface area contributed by atoms with E-state index in [4.69, 9.17) is 0 Å². The minimum atomic E-state index is -0.266. The Hall–Kier alpha value is -2.95. The Balaban J connectivity index is 1.51. The third-order valence-electron chi connectivity index (χ3n) is 5.13. The number of benzene rings is 2. The average molecular weight is 363 g/mol. The van der Waals surface area contributed by atoms with Crippen molar-refractivity contribution in [2.45, 2.75) is 32.4 Å². The van der Waals surface area contributed by atoms with Crippen molar-refractivity contribution in [1.82, 2.24) is 15.1 Å². The molecule has 5 heteroatoms. The Kier molecular flexibility index (Phi) is 4.75. The highest BCUT2D eigenvalue weighted by atomic mass is 19.1. The Labute approximate surface area is 158 Å². The molecule has 0 spiro atoms. The quantitative estimate of drug-likeness (QED) is 0.711. The van der Waals surface area contributed by atoms with Gasteiger partial charge in [-0.3, -0.25) is 9.48 Å². The maximum Gasteiger partial charge on any atom is 0.255 e. The lowest BCUT2D eigenvalue weighted by Gasteiger charge is -2.19. The smallest absolute Gasteiger partial charge is 0.255 e. The van der Waals surface area contributed by atoms with Crippen LogP contribution in [0.4, 0.5) is 4.39 Å². The first-order valence-corrected chi connectivity index (χ1v) is 9.24. The predicted molar refractivity (Wildman–Crippen MR) is 102 cm³/mol. The molecule has 0 bridgehead atoms. The number of carbonyl (C=O) groups excluding carboxylic acids is 1. The van der Waals surface area contributed by atoms with Crippen LogP contribution in [0.15, 0.2) is 60.8 Å². The monoisotopic (exact) mass is 363 g/mol. The van der Waals surface area contributed by atoms with Gasteiger partial charge in [0.25, 0.3) is 5.91 Å². The zero-order valence-corrected chi connectivity index (χ0v) is 15.2. The summed E-state index contributed by atoms with van der Waals surface area (Å²) in [6.07, 6.45) is 3.78. The molecule has 27 heavy (non-hydrogen) atoms. The largest absolute Gasteiger partial charge is 0.345 e. The van der Waals surface area contributed by atoms with Gasteiger partial charge in [0.05, 0.1) is 24.3 Å². The van der Waals surface area contributed by atoms with Gasteiger partial charge in [-0.25, -0.2) is 4.39 Å². The summed E-state index contributed by atoms with van der Waals surface area (Å²) >= 11 is 0.